The Hall–Kier alpha value is -2.50. The fraction of sp³-hybridized carbons (Fsp3) is 0.400. The topological polar surface area (TPSA) is 120 Å². The quantitative estimate of drug-likeness (QED) is 0.360. The standard InChI is InChI=1S/C20H22N4O5S2/c1-30-18-11-21-17(10-22-18)23-20(25)19(24-29-14-8-9-28-12-14)13-2-4-15(5-3-13)31(26,27)16-6-7-16/h2-5,10-11,14,16H,6-9,12H2,1H3,(H,21,23,25)/b24-19+/t14-/m1/s1. The van der Waals surface area contributed by atoms with Crippen molar-refractivity contribution in [2.24, 2.45) is 5.16 Å². The third kappa shape index (κ3) is 5.23. The molecule has 9 nitrogen and oxygen atoms in total. The van der Waals surface area contributed by atoms with Gasteiger partial charge in [0, 0.05) is 12.0 Å². The van der Waals surface area contributed by atoms with Gasteiger partial charge in [0.15, 0.2) is 27.5 Å². The number of nitrogens with zero attached hydrogens (tertiary/aromatic N) is 3. The number of hydrogen-bond donors (Lipinski definition) is 1. The Bertz CT molecular complexity index is 1060. The van der Waals surface area contributed by atoms with Gasteiger partial charge in [-0.3, -0.25) is 4.79 Å². The van der Waals surface area contributed by atoms with Crippen LogP contribution in [0.2, 0.25) is 0 Å². The Morgan fingerprint density at radius 3 is 2.55 bits per heavy atom. The lowest BCUT2D eigenvalue weighted by Crippen LogP contribution is -2.26. The van der Waals surface area contributed by atoms with E-state index in [1.807, 2.05) is 6.26 Å². The summed E-state index contributed by atoms with van der Waals surface area (Å²) in [6.07, 6.45) is 6.71. The highest BCUT2D eigenvalue weighted by Gasteiger charge is 2.36. The Balaban J connectivity index is 1.57. The first-order chi connectivity index (χ1) is 15.0. The number of rotatable bonds is 8. The van der Waals surface area contributed by atoms with E-state index < -0.39 is 15.7 Å². The number of amides is 1. The van der Waals surface area contributed by atoms with Crippen molar-refractivity contribution >= 4 is 39.0 Å². The number of carbonyl (C=O) groups is 1. The van der Waals surface area contributed by atoms with E-state index in [0.717, 1.165) is 5.03 Å². The van der Waals surface area contributed by atoms with Crippen LogP contribution in [0.25, 0.3) is 0 Å². The second kappa shape index (κ2) is 9.33. The summed E-state index contributed by atoms with van der Waals surface area (Å²) in [7, 11) is -3.32. The number of aromatic nitrogens is 2. The van der Waals surface area contributed by atoms with Gasteiger partial charge in [-0.1, -0.05) is 17.3 Å². The molecule has 1 amide bonds. The molecule has 31 heavy (non-hydrogen) atoms. The summed E-state index contributed by atoms with van der Waals surface area (Å²) in [4.78, 5) is 27.0. The minimum atomic E-state index is -3.32. The molecule has 164 valence electrons. The molecule has 1 aliphatic carbocycles. The summed E-state index contributed by atoms with van der Waals surface area (Å²) in [5, 5.41) is 7.15. The number of anilines is 1. The van der Waals surface area contributed by atoms with Crippen LogP contribution in [-0.2, 0) is 24.2 Å². The number of nitrogens with one attached hydrogen (secondary N) is 1. The average molecular weight is 463 g/mol. The second-order valence-corrected chi connectivity index (χ2v) is 10.3. The van der Waals surface area contributed by atoms with Crippen LogP contribution in [0.5, 0.6) is 0 Å². The third-order valence-corrected chi connectivity index (χ3v) is 7.80. The fourth-order valence-corrected chi connectivity index (χ4v) is 4.96. The lowest BCUT2D eigenvalue weighted by atomic mass is 10.1. The highest BCUT2D eigenvalue weighted by Crippen LogP contribution is 2.33. The Morgan fingerprint density at radius 2 is 1.97 bits per heavy atom. The van der Waals surface area contributed by atoms with E-state index in [9.17, 15) is 13.2 Å². The molecule has 2 aliphatic rings. The monoisotopic (exact) mass is 462 g/mol. The molecule has 0 radical (unpaired) electrons. The van der Waals surface area contributed by atoms with Gasteiger partial charge >= 0.3 is 0 Å². The van der Waals surface area contributed by atoms with Gasteiger partial charge in [0.25, 0.3) is 5.91 Å². The van der Waals surface area contributed by atoms with Crippen LogP contribution < -0.4 is 5.32 Å². The highest BCUT2D eigenvalue weighted by atomic mass is 32.2. The van der Waals surface area contributed by atoms with Gasteiger partial charge in [-0.15, -0.1) is 11.8 Å². The van der Waals surface area contributed by atoms with E-state index >= 15 is 0 Å². The maximum atomic E-state index is 12.9. The summed E-state index contributed by atoms with van der Waals surface area (Å²) >= 11 is 1.44. The summed E-state index contributed by atoms with van der Waals surface area (Å²) in [6, 6.07) is 6.12. The van der Waals surface area contributed by atoms with Gasteiger partial charge in [0.2, 0.25) is 0 Å². The molecular weight excluding hydrogens is 440 g/mol. The van der Waals surface area contributed by atoms with Crippen LogP contribution >= 0.6 is 11.8 Å². The van der Waals surface area contributed by atoms with Gasteiger partial charge in [0.1, 0.15) is 5.03 Å². The summed E-state index contributed by atoms with van der Waals surface area (Å²) in [6.45, 7) is 0.978. The number of ether oxygens (including phenoxy) is 1. The van der Waals surface area contributed by atoms with Crippen molar-refractivity contribution in [2.75, 3.05) is 24.8 Å². The van der Waals surface area contributed by atoms with Crippen LogP contribution in [0, 0.1) is 0 Å². The molecule has 1 saturated heterocycles. The van der Waals surface area contributed by atoms with Crippen LogP contribution in [0.3, 0.4) is 0 Å². The molecule has 1 atom stereocenters. The molecular formula is C20H22N4O5S2. The first-order valence-electron chi connectivity index (χ1n) is 9.80. The molecule has 1 saturated carbocycles. The molecule has 0 unspecified atom stereocenters. The molecule has 0 spiro atoms. The first-order valence-corrected chi connectivity index (χ1v) is 12.6. The van der Waals surface area contributed by atoms with Crippen molar-refractivity contribution in [3.8, 4) is 0 Å². The smallest absolute Gasteiger partial charge is 0.279 e. The van der Waals surface area contributed by atoms with Gasteiger partial charge in [-0.2, -0.15) is 0 Å². The number of benzene rings is 1. The number of sulfone groups is 1. The molecule has 1 aromatic carbocycles. The third-order valence-electron chi connectivity index (χ3n) is 4.89. The van der Waals surface area contributed by atoms with Crippen LogP contribution in [-0.4, -0.2) is 60.8 Å². The number of oxime groups is 1. The normalized spacial score (nSPS) is 19.3. The van der Waals surface area contributed by atoms with Gasteiger partial charge in [0.05, 0.1) is 35.8 Å². The van der Waals surface area contributed by atoms with Gasteiger partial charge in [-0.05, 0) is 31.2 Å². The zero-order valence-corrected chi connectivity index (χ0v) is 18.5. The fourth-order valence-electron chi connectivity index (χ4n) is 2.98. The van der Waals surface area contributed by atoms with E-state index in [4.69, 9.17) is 9.57 Å². The zero-order chi connectivity index (χ0) is 21.8. The van der Waals surface area contributed by atoms with Crippen LogP contribution in [0.15, 0.2) is 51.7 Å². The lowest BCUT2D eigenvalue weighted by molar-refractivity contribution is -0.110. The Kier molecular flexibility index (Phi) is 6.54. The van der Waals surface area contributed by atoms with Crippen molar-refractivity contribution < 1.29 is 22.8 Å². The second-order valence-electron chi connectivity index (χ2n) is 7.20. The molecule has 1 N–H and O–H groups in total. The predicted octanol–water partition coefficient (Wildman–Crippen LogP) is 2.28. The molecule has 2 fully saturated rings. The van der Waals surface area contributed by atoms with Crippen molar-refractivity contribution in [1.29, 1.82) is 0 Å². The van der Waals surface area contributed by atoms with E-state index in [2.05, 4.69) is 20.4 Å². The molecule has 1 aromatic heterocycles. The zero-order valence-electron chi connectivity index (χ0n) is 16.9. The summed E-state index contributed by atoms with van der Waals surface area (Å²) in [5.41, 5.74) is 0.442. The minimum Gasteiger partial charge on any atom is -0.389 e. The van der Waals surface area contributed by atoms with E-state index in [1.165, 1.54) is 30.1 Å². The van der Waals surface area contributed by atoms with E-state index in [0.29, 0.717) is 38.0 Å². The van der Waals surface area contributed by atoms with Crippen molar-refractivity contribution in [3.63, 3.8) is 0 Å². The Labute approximate surface area is 184 Å². The van der Waals surface area contributed by atoms with Crippen molar-refractivity contribution in [3.05, 3.63) is 42.2 Å². The summed E-state index contributed by atoms with van der Waals surface area (Å²) < 4.78 is 30.1. The SMILES string of the molecule is CSc1cnc(NC(=O)/C(=N/O[C@@H]2CCOC2)c2ccc(S(=O)(=O)C3CC3)cc2)cn1. The largest absolute Gasteiger partial charge is 0.389 e. The molecule has 11 heteroatoms. The summed E-state index contributed by atoms with van der Waals surface area (Å²) in [5.74, 6) is -0.268. The maximum absolute atomic E-state index is 12.9. The lowest BCUT2D eigenvalue weighted by Gasteiger charge is -2.11. The van der Waals surface area contributed by atoms with Crippen LogP contribution in [0.1, 0.15) is 24.8 Å². The minimum absolute atomic E-state index is 0.0120. The van der Waals surface area contributed by atoms with Gasteiger partial charge < -0.3 is 14.9 Å². The average Bonchev–Trinajstić information content (AvgIpc) is 3.52. The van der Waals surface area contributed by atoms with E-state index in [-0.39, 0.29) is 27.8 Å². The molecule has 0 bridgehead atoms. The maximum Gasteiger partial charge on any atom is 0.279 e. The molecule has 2 heterocycles. The van der Waals surface area contributed by atoms with Crippen LogP contribution in [0.4, 0.5) is 5.82 Å². The predicted molar refractivity (Wildman–Crippen MR) is 116 cm³/mol. The molecule has 2 aromatic rings. The first kappa shape index (κ1) is 21.7. The highest BCUT2D eigenvalue weighted by molar-refractivity contribution is 7.98. The van der Waals surface area contributed by atoms with Crippen molar-refractivity contribution in [1.82, 2.24) is 9.97 Å². The number of hydrogen-bond acceptors (Lipinski definition) is 9. The van der Waals surface area contributed by atoms with Crippen molar-refractivity contribution in [2.45, 2.75) is 40.5 Å². The van der Waals surface area contributed by atoms with E-state index in [1.54, 1.807) is 18.3 Å². The molecule has 1 aliphatic heterocycles. The number of carbonyl (C=O) groups excluding carboxylic acids is 1. The molecule has 4 rings (SSSR count). The van der Waals surface area contributed by atoms with Gasteiger partial charge in [-0.25, -0.2) is 18.4 Å². The Morgan fingerprint density at radius 1 is 1.19 bits per heavy atom. The number of thioether (sulfide) groups is 1.